The minimum absolute atomic E-state index is 0. The van der Waals surface area contributed by atoms with Crippen molar-refractivity contribution in [2.75, 3.05) is 58.2 Å². The van der Waals surface area contributed by atoms with E-state index in [0.717, 1.165) is 12.1 Å². The molecule has 0 spiro atoms. The maximum absolute atomic E-state index is 12.6. The number of benzene rings is 4. The Balaban J connectivity index is 0.00000449. The largest absolute Gasteiger partial charge is 0.394 e. The van der Waals surface area contributed by atoms with E-state index >= 15 is 0 Å². The Morgan fingerprint density at radius 1 is 0.469 bits per heavy atom. The van der Waals surface area contributed by atoms with E-state index in [1.807, 2.05) is 12.1 Å². The van der Waals surface area contributed by atoms with Crippen LogP contribution in [0.15, 0.2) is 107 Å². The number of anilines is 10. The summed E-state index contributed by atoms with van der Waals surface area (Å²) in [5.41, 5.74) is 1.33. The van der Waals surface area contributed by atoms with Crippen LogP contribution in [-0.4, -0.2) is 174 Å². The third-order valence-corrected chi connectivity index (χ3v) is 10.1. The van der Waals surface area contributed by atoms with Gasteiger partial charge in [0.15, 0.2) is 0 Å². The number of rotatable bonds is 20. The van der Waals surface area contributed by atoms with Crippen LogP contribution in [0, 0.1) is 0 Å². The van der Waals surface area contributed by atoms with Gasteiger partial charge in [0, 0.05) is 95.0 Å². The summed E-state index contributed by atoms with van der Waals surface area (Å²) in [5.74, 6) is -0.0408. The summed E-state index contributed by atoms with van der Waals surface area (Å²) < 4.78 is 71.0. The average Bonchev–Trinajstić information content (AvgIpc) is 3.24. The predicted molar refractivity (Wildman–Crippen MR) is 242 cm³/mol. The van der Waals surface area contributed by atoms with E-state index in [1.165, 1.54) is 36.4 Å². The van der Waals surface area contributed by atoms with Crippen molar-refractivity contribution in [3.8, 4) is 0 Å². The van der Waals surface area contributed by atoms with Crippen molar-refractivity contribution in [2.24, 2.45) is 0 Å². The van der Waals surface area contributed by atoms with Crippen LogP contribution >= 0.6 is 0 Å². The number of aromatic nitrogens is 6. The number of nitrogens with one attached hydrogen (secondary N) is 6. The third kappa shape index (κ3) is 15.4. The molecule has 2 radical (unpaired) electrons. The van der Waals surface area contributed by atoms with Crippen molar-refractivity contribution < 1.29 is 46.4 Å². The van der Waals surface area contributed by atoms with Crippen molar-refractivity contribution in [3.63, 3.8) is 0 Å². The predicted octanol–water partition coefficient (Wildman–Crippen LogP) is 2.46. The molecule has 22 nitrogen and oxygen atoms in total. The van der Waals surface area contributed by atoms with Gasteiger partial charge in [-0.25, -0.2) is 0 Å². The molecule has 0 fully saturated rings. The fourth-order valence-electron chi connectivity index (χ4n) is 5.37. The monoisotopic (exact) mass is 934 g/mol. The van der Waals surface area contributed by atoms with E-state index in [2.05, 4.69) is 61.8 Å². The molecule has 12 N–H and O–H groups in total. The number of nitrogens with zero attached hydrogens (tertiary/aromatic N) is 6. The Kier molecular flexibility index (Phi) is 19.3. The topological polar surface area (TPSA) is 339 Å². The molecule has 6 rings (SSSR count). The Hall–Kier alpha value is -4.90. The van der Waals surface area contributed by atoms with Crippen LogP contribution in [0.1, 0.15) is 11.1 Å². The molecule has 0 aliphatic carbocycles. The SMILES string of the molecule is O=S(=O)(O)c1cc(Nc2nc(NCC(O)CO)nc(Nc3ccccc3)n2)ccc1C=Cc1ccc(Nc2nc(NCC(O)CO)nc(Nc3ccccc3)n2)cc1S(=O)(=O)O.[Na].[Na]. The molecule has 0 amide bonds. The van der Waals surface area contributed by atoms with Crippen molar-refractivity contribution in [1.82, 2.24) is 29.9 Å². The van der Waals surface area contributed by atoms with Crippen LogP contribution in [0.3, 0.4) is 0 Å². The average molecular weight is 935 g/mol. The van der Waals surface area contributed by atoms with Crippen LogP contribution < -0.4 is 31.9 Å². The first-order valence-electron chi connectivity index (χ1n) is 18.3. The zero-order chi connectivity index (χ0) is 44.3. The molecule has 0 aliphatic rings. The summed E-state index contributed by atoms with van der Waals surface area (Å²) in [5, 5.41) is 55.4. The van der Waals surface area contributed by atoms with E-state index < -0.39 is 55.4 Å². The quantitative estimate of drug-likeness (QED) is 0.0297. The van der Waals surface area contributed by atoms with Crippen LogP contribution in [0.2, 0.25) is 0 Å². The second-order valence-corrected chi connectivity index (χ2v) is 15.8. The molecule has 2 heterocycles. The molecule has 2 aromatic heterocycles. The first kappa shape index (κ1) is 51.7. The van der Waals surface area contributed by atoms with E-state index in [1.54, 1.807) is 48.5 Å². The number of hydrogen-bond acceptors (Lipinski definition) is 20. The molecular formula is C38H40N12Na2O10S2. The van der Waals surface area contributed by atoms with Crippen LogP contribution in [-0.2, 0) is 20.2 Å². The van der Waals surface area contributed by atoms with Gasteiger partial charge in [-0.05, 0) is 59.7 Å². The second kappa shape index (κ2) is 23.9. The van der Waals surface area contributed by atoms with Gasteiger partial charge < -0.3 is 52.3 Å². The van der Waals surface area contributed by atoms with Crippen LogP contribution in [0.25, 0.3) is 12.2 Å². The van der Waals surface area contributed by atoms with Crippen molar-refractivity contribution in [2.45, 2.75) is 22.0 Å². The third-order valence-electron chi connectivity index (χ3n) is 8.28. The summed E-state index contributed by atoms with van der Waals surface area (Å²) in [6.45, 7) is -1.26. The Morgan fingerprint density at radius 3 is 1.09 bits per heavy atom. The molecule has 2 unspecified atom stereocenters. The zero-order valence-corrected chi connectivity index (χ0v) is 39.8. The molecule has 0 aliphatic heterocycles. The van der Waals surface area contributed by atoms with Gasteiger partial charge >= 0.3 is 0 Å². The summed E-state index contributed by atoms with van der Waals surface area (Å²) in [6.07, 6.45) is 0.195. The molecule has 0 saturated carbocycles. The van der Waals surface area contributed by atoms with Crippen molar-refractivity contribution >= 4 is 150 Å². The summed E-state index contributed by atoms with van der Waals surface area (Å²) >= 11 is 0. The van der Waals surface area contributed by atoms with E-state index in [0.29, 0.717) is 11.4 Å². The van der Waals surface area contributed by atoms with Crippen molar-refractivity contribution in [1.29, 1.82) is 0 Å². The number of aliphatic hydroxyl groups excluding tert-OH is 4. The van der Waals surface area contributed by atoms with Gasteiger partial charge in [0.1, 0.15) is 9.79 Å². The molecule has 0 bridgehead atoms. The maximum atomic E-state index is 12.6. The fourth-order valence-corrected chi connectivity index (χ4v) is 6.79. The van der Waals surface area contributed by atoms with Gasteiger partial charge in [0.25, 0.3) is 20.2 Å². The summed E-state index contributed by atoms with van der Waals surface area (Å²) in [4.78, 5) is 24.5. The Labute approximate surface area is 411 Å². The van der Waals surface area contributed by atoms with Gasteiger partial charge in [-0.3, -0.25) is 9.11 Å². The molecular weight excluding hydrogens is 895 g/mol. The van der Waals surface area contributed by atoms with Crippen molar-refractivity contribution in [3.05, 3.63) is 108 Å². The molecule has 64 heavy (non-hydrogen) atoms. The second-order valence-electron chi connectivity index (χ2n) is 13.1. The van der Waals surface area contributed by atoms with Gasteiger partial charge in [-0.15, -0.1) is 0 Å². The van der Waals surface area contributed by atoms with Gasteiger partial charge in [-0.2, -0.15) is 46.7 Å². The maximum Gasteiger partial charge on any atom is 0.295 e. The standard InChI is InChI=1S/C38H40N12O10S2.2Na/c51-21-29(53)19-39-33-45-35(41-25-7-3-1-4-8-25)49-37(47-33)43-27-15-13-23(31(17-27)61(55,56)57)11-12-24-14-16-28(18-32(24)62(58,59)60)44-38-48-34(40-20-30(54)22-52)46-36(50-38)42-26-9-5-2-6-10-26;;/h1-18,29-30,51-54H,19-22H2,(H,55,56,57)(H,58,59,60)(H3,39,41,43,45,47,49)(H3,40,42,44,46,48,50);;. The zero-order valence-electron chi connectivity index (χ0n) is 34.2. The Bertz CT molecular complexity index is 2560. The van der Waals surface area contributed by atoms with Gasteiger partial charge in [-0.1, -0.05) is 60.7 Å². The Morgan fingerprint density at radius 2 is 0.781 bits per heavy atom. The number of para-hydroxylation sites is 2. The van der Waals surface area contributed by atoms with Gasteiger partial charge in [0.2, 0.25) is 35.7 Å². The minimum Gasteiger partial charge on any atom is -0.394 e. The molecule has 6 aromatic rings. The first-order valence-corrected chi connectivity index (χ1v) is 21.2. The smallest absolute Gasteiger partial charge is 0.295 e. The molecule has 326 valence electrons. The van der Waals surface area contributed by atoms with Crippen LogP contribution in [0.4, 0.5) is 58.4 Å². The summed E-state index contributed by atoms with van der Waals surface area (Å²) in [6, 6.07) is 25.5. The van der Waals surface area contributed by atoms with E-state index in [9.17, 15) is 46.4 Å². The number of aliphatic hydroxyl groups is 4. The summed E-state index contributed by atoms with van der Waals surface area (Å²) in [7, 11) is -9.80. The van der Waals surface area contributed by atoms with Crippen LogP contribution in [0.5, 0.6) is 0 Å². The molecule has 2 atom stereocenters. The number of hydrogen-bond donors (Lipinski definition) is 12. The molecule has 4 aromatic carbocycles. The van der Waals surface area contributed by atoms with E-state index in [4.69, 9.17) is 0 Å². The molecule has 26 heteroatoms. The minimum atomic E-state index is -4.90. The first-order chi connectivity index (χ1) is 29.6. The molecule has 0 saturated heterocycles. The van der Waals surface area contributed by atoms with E-state index in [-0.39, 0.29) is 130 Å². The fraction of sp³-hybridized carbons (Fsp3) is 0.158. The van der Waals surface area contributed by atoms with Gasteiger partial charge in [0.05, 0.1) is 25.4 Å². The normalized spacial score (nSPS) is 12.3.